The Kier molecular flexibility index (Phi) is 8.60. The first-order valence-electron chi connectivity index (χ1n) is 13.1. The number of nitrogens with zero attached hydrogens (tertiary/aromatic N) is 4. The van der Waals surface area contributed by atoms with E-state index in [1.807, 2.05) is 24.3 Å². The van der Waals surface area contributed by atoms with Gasteiger partial charge in [-0.2, -0.15) is 0 Å². The molecule has 0 atom stereocenters. The zero-order chi connectivity index (χ0) is 24.7. The average Bonchev–Trinajstić information content (AvgIpc) is 3.51. The van der Waals surface area contributed by atoms with Gasteiger partial charge in [0, 0.05) is 39.0 Å². The highest BCUT2D eigenvalue weighted by Gasteiger charge is 2.24. The highest BCUT2D eigenvalue weighted by Crippen LogP contribution is 2.32. The minimum Gasteiger partial charge on any atom is -0.360 e. The molecule has 2 aromatic carbocycles. The van der Waals surface area contributed by atoms with Crippen LogP contribution in [-0.2, 0) is 9.84 Å². The van der Waals surface area contributed by atoms with Gasteiger partial charge in [0.25, 0.3) is 0 Å². The number of aliphatic imine (C=N–C) groups is 2. The van der Waals surface area contributed by atoms with Crippen molar-refractivity contribution in [3.8, 4) is 0 Å². The van der Waals surface area contributed by atoms with Crippen LogP contribution in [0.1, 0.15) is 65.2 Å². The minimum absolute atomic E-state index is 0.260. The van der Waals surface area contributed by atoms with E-state index in [9.17, 15) is 8.42 Å². The van der Waals surface area contributed by atoms with Gasteiger partial charge in [0.2, 0.25) is 9.84 Å². The summed E-state index contributed by atoms with van der Waals surface area (Å²) in [5, 5.41) is 0. The van der Waals surface area contributed by atoms with Gasteiger partial charge in [0.05, 0.1) is 21.2 Å². The summed E-state index contributed by atoms with van der Waals surface area (Å²) in [7, 11) is -3.70. The molecule has 2 saturated heterocycles. The normalized spacial score (nSPS) is 18.8. The van der Waals surface area contributed by atoms with Crippen LogP contribution in [-0.4, -0.2) is 56.1 Å². The minimum atomic E-state index is -3.70. The molecule has 0 bridgehead atoms. The Bertz CT molecular complexity index is 1160. The maximum Gasteiger partial charge on any atom is 0.208 e. The number of rotatable bonds is 10. The largest absolute Gasteiger partial charge is 0.360 e. The lowest BCUT2D eigenvalue weighted by molar-refractivity contribution is 0.439. The molecular weight excluding hydrogens is 456 g/mol. The van der Waals surface area contributed by atoms with E-state index in [0.29, 0.717) is 5.69 Å². The number of para-hydroxylation sites is 1. The van der Waals surface area contributed by atoms with Gasteiger partial charge < -0.3 is 9.80 Å². The first-order chi connectivity index (χ1) is 17.0. The molecule has 0 amide bonds. The van der Waals surface area contributed by atoms with E-state index in [0.717, 1.165) is 88.5 Å². The SMILES string of the molecule is CCCCN1CCC/C1=N/c1ccccc1S(=O)(=O)c1ccc(/N=C2\CCCN2CCCC)cc1. The molecular formula is C28H38N4O2S. The molecule has 0 aromatic heterocycles. The summed E-state index contributed by atoms with van der Waals surface area (Å²) in [5.41, 5.74) is 1.32. The molecule has 0 saturated carbocycles. The number of likely N-dealkylation sites (tertiary alicyclic amines) is 2. The molecule has 0 N–H and O–H groups in total. The average molecular weight is 495 g/mol. The summed E-state index contributed by atoms with van der Waals surface area (Å²) in [6, 6.07) is 14.1. The van der Waals surface area contributed by atoms with Crippen molar-refractivity contribution in [2.75, 3.05) is 26.2 Å². The van der Waals surface area contributed by atoms with Crippen molar-refractivity contribution < 1.29 is 8.42 Å². The van der Waals surface area contributed by atoms with E-state index in [1.54, 1.807) is 24.3 Å². The number of benzene rings is 2. The summed E-state index contributed by atoms with van der Waals surface area (Å²) < 4.78 is 27.2. The predicted octanol–water partition coefficient (Wildman–Crippen LogP) is 6.37. The van der Waals surface area contributed by atoms with Crippen LogP contribution in [0.3, 0.4) is 0 Å². The van der Waals surface area contributed by atoms with Crippen LogP contribution in [0.15, 0.2) is 68.3 Å². The second kappa shape index (κ2) is 11.8. The first-order valence-corrected chi connectivity index (χ1v) is 14.6. The van der Waals surface area contributed by atoms with Crippen molar-refractivity contribution in [3.63, 3.8) is 0 Å². The van der Waals surface area contributed by atoms with Crippen molar-refractivity contribution in [3.05, 3.63) is 48.5 Å². The smallest absolute Gasteiger partial charge is 0.208 e. The van der Waals surface area contributed by atoms with Crippen LogP contribution in [0, 0.1) is 0 Å². The third kappa shape index (κ3) is 6.13. The molecule has 6 nitrogen and oxygen atoms in total. The fraction of sp³-hybridized carbons (Fsp3) is 0.500. The lowest BCUT2D eigenvalue weighted by Crippen LogP contribution is -2.25. The third-order valence-corrected chi connectivity index (χ3v) is 8.58. The lowest BCUT2D eigenvalue weighted by atomic mass is 10.3. The maximum absolute atomic E-state index is 13.6. The van der Waals surface area contributed by atoms with E-state index >= 15 is 0 Å². The highest BCUT2D eigenvalue weighted by molar-refractivity contribution is 7.91. The van der Waals surface area contributed by atoms with E-state index in [1.165, 1.54) is 6.42 Å². The zero-order valence-electron chi connectivity index (χ0n) is 21.1. The third-order valence-electron chi connectivity index (χ3n) is 6.76. The lowest BCUT2D eigenvalue weighted by Gasteiger charge is -2.19. The van der Waals surface area contributed by atoms with Crippen LogP contribution in [0.5, 0.6) is 0 Å². The standard InChI is InChI=1S/C28H38N4O2S/c1-3-5-19-31-21-9-13-27(31)29-23-15-17-24(18-16-23)35(33,34)26-12-8-7-11-25(26)30-28-14-10-22-32(28)20-6-4-2/h7-8,11-12,15-18H,3-6,9-10,13-14,19-22H2,1-2H3/b29-27+,30-28-. The van der Waals surface area contributed by atoms with Gasteiger partial charge in [-0.3, -0.25) is 0 Å². The van der Waals surface area contributed by atoms with Gasteiger partial charge in [-0.1, -0.05) is 38.8 Å². The molecule has 7 heteroatoms. The van der Waals surface area contributed by atoms with Crippen LogP contribution in [0.25, 0.3) is 0 Å². The fourth-order valence-electron chi connectivity index (χ4n) is 4.75. The number of unbranched alkanes of at least 4 members (excludes halogenated alkanes) is 2. The maximum atomic E-state index is 13.6. The molecule has 0 unspecified atom stereocenters. The monoisotopic (exact) mass is 494 g/mol. The second-order valence-electron chi connectivity index (χ2n) is 9.41. The van der Waals surface area contributed by atoms with Crippen molar-refractivity contribution in [2.24, 2.45) is 9.98 Å². The quantitative estimate of drug-likeness (QED) is 0.385. The fourth-order valence-corrected chi connectivity index (χ4v) is 6.15. The molecule has 35 heavy (non-hydrogen) atoms. The molecule has 2 aliphatic rings. The number of amidine groups is 2. The zero-order valence-corrected chi connectivity index (χ0v) is 21.9. The highest BCUT2D eigenvalue weighted by atomic mass is 32.2. The summed E-state index contributed by atoms with van der Waals surface area (Å²) in [6.45, 7) is 8.45. The Hall–Kier alpha value is -2.67. The van der Waals surface area contributed by atoms with Crippen LogP contribution in [0.4, 0.5) is 11.4 Å². The Morgan fingerprint density at radius 2 is 1.34 bits per heavy atom. The summed E-state index contributed by atoms with van der Waals surface area (Å²) in [4.78, 5) is 14.9. The Morgan fingerprint density at radius 1 is 0.771 bits per heavy atom. The van der Waals surface area contributed by atoms with Gasteiger partial charge in [0.15, 0.2) is 0 Å². The van der Waals surface area contributed by atoms with Crippen LogP contribution >= 0.6 is 0 Å². The summed E-state index contributed by atoms with van der Waals surface area (Å²) >= 11 is 0. The molecule has 0 spiro atoms. The summed E-state index contributed by atoms with van der Waals surface area (Å²) in [5.74, 6) is 2.11. The molecule has 2 heterocycles. The first kappa shape index (κ1) is 25.4. The Morgan fingerprint density at radius 3 is 1.94 bits per heavy atom. The molecule has 0 aliphatic carbocycles. The van der Waals surface area contributed by atoms with Gasteiger partial charge >= 0.3 is 0 Å². The van der Waals surface area contributed by atoms with Gasteiger partial charge in [-0.15, -0.1) is 0 Å². The van der Waals surface area contributed by atoms with Crippen LogP contribution < -0.4 is 0 Å². The Balaban J connectivity index is 1.57. The topological polar surface area (TPSA) is 65.3 Å². The number of hydrogen-bond acceptors (Lipinski definition) is 4. The molecule has 2 fully saturated rings. The second-order valence-corrected chi connectivity index (χ2v) is 11.3. The van der Waals surface area contributed by atoms with E-state index in [-0.39, 0.29) is 9.79 Å². The van der Waals surface area contributed by atoms with Crippen LogP contribution in [0.2, 0.25) is 0 Å². The molecule has 188 valence electrons. The molecule has 4 rings (SSSR count). The van der Waals surface area contributed by atoms with Crippen molar-refractivity contribution in [2.45, 2.75) is 75.0 Å². The van der Waals surface area contributed by atoms with E-state index in [4.69, 9.17) is 9.98 Å². The molecule has 2 aromatic rings. The van der Waals surface area contributed by atoms with E-state index < -0.39 is 9.84 Å². The van der Waals surface area contributed by atoms with Gasteiger partial charge in [0.1, 0.15) is 11.7 Å². The Labute approximate surface area is 210 Å². The molecule has 0 radical (unpaired) electrons. The summed E-state index contributed by atoms with van der Waals surface area (Å²) in [6.07, 6.45) is 8.64. The number of sulfone groups is 1. The number of hydrogen-bond donors (Lipinski definition) is 0. The van der Waals surface area contributed by atoms with Crippen molar-refractivity contribution >= 4 is 32.9 Å². The van der Waals surface area contributed by atoms with Crippen molar-refractivity contribution in [1.82, 2.24) is 9.80 Å². The van der Waals surface area contributed by atoms with E-state index in [2.05, 4.69) is 23.6 Å². The molecule has 2 aliphatic heterocycles. The van der Waals surface area contributed by atoms with Gasteiger partial charge in [-0.25, -0.2) is 18.4 Å². The predicted molar refractivity (Wildman–Crippen MR) is 144 cm³/mol. The van der Waals surface area contributed by atoms with Crippen molar-refractivity contribution in [1.29, 1.82) is 0 Å². The van der Waals surface area contributed by atoms with Gasteiger partial charge in [-0.05, 0) is 62.1 Å².